The first kappa shape index (κ1) is 16.2. The predicted octanol–water partition coefficient (Wildman–Crippen LogP) is 4.42. The number of ether oxygens (including phenoxy) is 1. The van der Waals surface area contributed by atoms with Crippen LogP contribution in [0.25, 0.3) is 10.9 Å². The van der Waals surface area contributed by atoms with Crippen LogP contribution in [0.5, 0.6) is 5.75 Å². The predicted molar refractivity (Wildman–Crippen MR) is 98.7 cm³/mol. The summed E-state index contributed by atoms with van der Waals surface area (Å²) in [5.41, 5.74) is 2.41. The van der Waals surface area contributed by atoms with Crippen LogP contribution in [0.4, 0.5) is 5.82 Å². The first-order chi connectivity index (χ1) is 11.5. The van der Waals surface area contributed by atoms with Crippen molar-refractivity contribution in [1.82, 2.24) is 9.97 Å². The second-order valence-corrected chi connectivity index (χ2v) is 6.79. The van der Waals surface area contributed by atoms with Gasteiger partial charge < -0.3 is 10.1 Å². The molecule has 0 aliphatic heterocycles. The molecule has 2 aromatic carbocycles. The summed E-state index contributed by atoms with van der Waals surface area (Å²) >= 11 is 0. The largest absolute Gasteiger partial charge is 0.492 e. The van der Waals surface area contributed by atoms with E-state index in [-0.39, 0.29) is 5.41 Å². The SMILES string of the molecule is CC(C)(C)c1ccc(OCCNc2ncnc3ccccc23)cc1. The van der Waals surface area contributed by atoms with Gasteiger partial charge in [-0.3, -0.25) is 0 Å². The lowest BCUT2D eigenvalue weighted by atomic mass is 9.87. The standard InChI is InChI=1S/C20H23N3O/c1-20(2,3)15-8-10-16(11-9-15)24-13-12-21-19-17-6-4-5-7-18(17)22-14-23-19/h4-11,14H,12-13H2,1-3H3,(H,21,22,23). The van der Waals surface area contributed by atoms with Gasteiger partial charge in [0.25, 0.3) is 0 Å². The summed E-state index contributed by atoms with van der Waals surface area (Å²) in [7, 11) is 0. The Morgan fingerprint density at radius 2 is 1.71 bits per heavy atom. The number of para-hydroxylation sites is 1. The van der Waals surface area contributed by atoms with E-state index < -0.39 is 0 Å². The minimum atomic E-state index is 0.161. The topological polar surface area (TPSA) is 47.0 Å². The normalized spacial score (nSPS) is 11.5. The van der Waals surface area contributed by atoms with Gasteiger partial charge in [-0.05, 0) is 35.2 Å². The molecule has 24 heavy (non-hydrogen) atoms. The molecule has 0 saturated heterocycles. The fourth-order valence-corrected chi connectivity index (χ4v) is 2.54. The van der Waals surface area contributed by atoms with Crippen LogP contribution in [0.2, 0.25) is 0 Å². The van der Waals surface area contributed by atoms with E-state index in [0.29, 0.717) is 13.2 Å². The second-order valence-electron chi connectivity index (χ2n) is 6.79. The first-order valence-electron chi connectivity index (χ1n) is 8.21. The van der Waals surface area contributed by atoms with Gasteiger partial charge in [0, 0.05) is 5.39 Å². The van der Waals surface area contributed by atoms with Crippen LogP contribution in [-0.2, 0) is 5.41 Å². The third kappa shape index (κ3) is 3.82. The van der Waals surface area contributed by atoms with Gasteiger partial charge >= 0.3 is 0 Å². The highest BCUT2D eigenvalue weighted by molar-refractivity contribution is 5.88. The molecule has 1 aromatic heterocycles. The molecule has 4 heteroatoms. The summed E-state index contributed by atoms with van der Waals surface area (Å²) in [4.78, 5) is 8.58. The van der Waals surface area contributed by atoms with Crippen LogP contribution in [0.15, 0.2) is 54.9 Å². The smallest absolute Gasteiger partial charge is 0.137 e. The summed E-state index contributed by atoms with van der Waals surface area (Å²) < 4.78 is 5.80. The molecule has 0 bridgehead atoms. The van der Waals surface area contributed by atoms with Gasteiger partial charge in [-0.15, -0.1) is 0 Å². The average Bonchev–Trinajstić information content (AvgIpc) is 2.58. The van der Waals surface area contributed by atoms with Crippen molar-refractivity contribution in [3.63, 3.8) is 0 Å². The van der Waals surface area contributed by atoms with Crippen molar-refractivity contribution in [2.45, 2.75) is 26.2 Å². The van der Waals surface area contributed by atoms with E-state index in [0.717, 1.165) is 22.5 Å². The number of nitrogens with zero attached hydrogens (tertiary/aromatic N) is 2. The lowest BCUT2D eigenvalue weighted by Crippen LogP contribution is -2.13. The number of fused-ring (bicyclic) bond motifs is 1. The third-order valence-corrected chi connectivity index (χ3v) is 3.93. The third-order valence-electron chi connectivity index (χ3n) is 3.93. The zero-order valence-electron chi connectivity index (χ0n) is 14.4. The van der Waals surface area contributed by atoms with Crippen LogP contribution in [0.3, 0.4) is 0 Å². The number of benzene rings is 2. The molecule has 3 aromatic rings. The van der Waals surface area contributed by atoms with Crippen LogP contribution in [-0.4, -0.2) is 23.1 Å². The Balaban J connectivity index is 1.55. The number of hydrogen-bond donors (Lipinski definition) is 1. The van der Waals surface area contributed by atoms with Gasteiger partial charge in [0.15, 0.2) is 0 Å². The number of aromatic nitrogens is 2. The fraction of sp³-hybridized carbons (Fsp3) is 0.300. The summed E-state index contributed by atoms with van der Waals surface area (Å²) in [5.74, 6) is 1.73. The molecule has 0 unspecified atom stereocenters. The lowest BCUT2D eigenvalue weighted by Gasteiger charge is -2.19. The number of hydrogen-bond acceptors (Lipinski definition) is 4. The Morgan fingerprint density at radius 1 is 0.958 bits per heavy atom. The molecule has 4 nitrogen and oxygen atoms in total. The molecule has 0 spiro atoms. The molecule has 0 amide bonds. The van der Waals surface area contributed by atoms with Crippen molar-refractivity contribution in [3.8, 4) is 5.75 Å². The Labute approximate surface area is 142 Å². The highest BCUT2D eigenvalue weighted by Crippen LogP contribution is 2.24. The van der Waals surface area contributed by atoms with Crippen molar-refractivity contribution in [1.29, 1.82) is 0 Å². The van der Waals surface area contributed by atoms with Gasteiger partial charge in [0.2, 0.25) is 0 Å². The van der Waals surface area contributed by atoms with Gasteiger partial charge in [-0.25, -0.2) is 9.97 Å². The molecular formula is C20H23N3O. The Kier molecular flexibility index (Phi) is 4.65. The minimum Gasteiger partial charge on any atom is -0.492 e. The summed E-state index contributed by atoms with van der Waals surface area (Å²) in [5, 5.41) is 4.34. The fourth-order valence-electron chi connectivity index (χ4n) is 2.54. The van der Waals surface area contributed by atoms with Gasteiger partial charge in [0.1, 0.15) is 24.5 Å². The lowest BCUT2D eigenvalue weighted by molar-refractivity contribution is 0.332. The second kappa shape index (κ2) is 6.87. The first-order valence-corrected chi connectivity index (χ1v) is 8.21. The van der Waals surface area contributed by atoms with Crippen molar-refractivity contribution in [3.05, 3.63) is 60.4 Å². The van der Waals surface area contributed by atoms with Crippen LogP contribution in [0, 0.1) is 0 Å². The van der Waals surface area contributed by atoms with E-state index in [1.54, 1.807) is 6.33 Å². The Bertz CT molecular complexity index is 802. The number of rotatable bonds is 5. The Morgan fingerprint density at radius 3 is 2.46 bits per heavy atom. The van der Waals surface area contributed by atoms with E-state index in [2.05, 4.69) is 48.2 Å². The maximum Gasteiger partial charge on any atom is 0.137 e. The maximum absolute atomic E-state index is 5.80. The van der Waals surface area contributed by atoms with Gasteiger partial charge in [0.05, 0.1) is 12.1 Å². The van der Waals surface area contributed by atoms with Crippen molar-refractivity contribution in [2.24, 2.45) is 0 Å². The zero-order valence-corrected chi connectivity index (χ0v) is 14.4. The molecule has 3 rings (SSSR count). The van der Waals surface area contributed by atoms with E-state index >= 15 is 0 Å². The van der Waals surface area contributed by atoms with Crippen LogP contribution >= 0.6 is 0 Å². The van der Waals surface area contributed by atoms with E-state index in [9.17, 15) is 0 Å². The maximum atomic E-state index is 5.80. The highest BCUT2D eigenvalue weighted by Gasteiger charge is 2.12. The molecule has 0 fully saturated rings. The minimum absolute atomic E-state index is 0.161. The monoisotopic (exact) mass is 321 g/mol. The summed E-state index contributed by atoms with van der Waals surface area (Å²) in [6.45, 7) is 7.88. The van der Waals surface area contributed by atoms with Crippen molar-refractivity contribution >= 4 is 16.7 Å². The van der Waals surface area contributed by atoms with E-state index in [4.69, 9.17) is 4.74 Å². The molecule has 0 aliphatic carbocycles. The zero-order chi connectivity index (χ0) is 17.0. The van der Waals surface area contributed by atoms with Crippen LogP contribution in [0.1, 0.15) is 26.3 Å². The van der Waals surface area contributed by atoms with Crippen molar-refractivity contribution in [2.75, 3.05) is 18.5 Å². The van der Waals surface area contributed by atoms with Gasteiger partial charge in [-0.2, -0.15) is 0 Å². The van der Waals surface area contributed by atoms with E-state index in [1.165, 1.54) is 5.56 Å². The summed E-state index contributed by atoms with van der Waals surface area (Å²) in [6, 6.07) is 16.3. The molecule has 0 atom stereocenters. The molecular weight excluding hydrogens is 298 g/mol. The molecule has 1 N–H and O–H groups in total. The van der Waals surface area contributed by atoms with Crippen molar-refractivity contribution < 1.29 is 4.74 Å². The number of nitrogens with one attached hydrogen (secondary N) is 1. The highest BCUT2D eigenvalue weighted by atomic mass is 16.5. The van der Waals surface area contributed by atoms with Crippen LogP contribution < -0.4 is 10.1 Å². The quantitative estimate of drug-likeness (QED) is 0.707. The average molecular weight is 321 g/mol. The summed E-state index contributed by atoms with van der Waals surface area (Å²) in [6.07, 6.45) is 1.58. The van der Waals surface area contributed by atoms with Gasteiger partial charge in [-0.1, -0.05) is 45.0 Å². The molecule has 0 saturated carbocycles. The number of anilines is 1. The Hall–Kier alpha value is -2.62. The molecule has 124 valence electrons. The molecule has 0 radical (unpaired) electrons. The molecule has 0 aliphatic rings. The van der Waals surface area contributed by atoms with E-state index in [1.807, 2.05) is 36.4 Å². The molecule has 1 heterocycles.